The number of imide groups is 1. The summed E-state index contributed by atoms with van der Waals surface area (Å²) in [6.45, 7) is 2.93. The van der Waals surface area contributed by atoms with Crippen LogP contribution in [-0.4, -0.2) is 47.5 Å². The number of hydrogen-bond acceptors (Lipinski definition) is 7. The second-order valence-corrected chi connectivity index (χ2v) is 11.0. The fourth-order valence-electron chi connectivity index (χ4n) is 6.84. The molecule has 4 aliphatic rings. The second kappa shape index (κ2) is 10.2. The van der Waals surface area contributed by atoms with Gasteiger partial charge in [-0.15, -0.1) is 0 Å². The van der Waals surface area contributed by atoms with Crippen LogP contribution in [0.4, 0.5) is 5.69 Å². The number of carbonyl (C=O) groups excluding carboxylic acids is 5. The molecule has 1 heterocycles. The summed E-state index contributed by atoms with van der Waals surface area (Å²) >= 11 is 0. The molecule has 3 aliphatic carbocycles. The molecule has 8 nitrogen and oxygen atoms in total. The Balaban J connectivity index is 1.46. The van der Waals surface area contributed by atoms with Crippen LogP contribution >= 0.6 is 0 Å². The monoisotopic (exact) mass is 551 g/mol. The van der Waals surface area contributed by atoms with Gasteiger partial charge in [0, 0.05) is 33.8 Å². The predicted molar refractivity (Wildman–Crippen MR) is 149 cm³/mol. The van der Waals surface area contributed by atoms with Crippen LogP contribution in [0, 0.1) is 17.8 Å². The van der Waals surface area contributed by atoms with Gasteiger partial charge in [-0.2, -0.15) is 0 Å². The summed E-state index contributed by atoms with van der Waals surface area (Å²) in [5.74, 6) is -3.17. The van der Waals surface area contributed by atoms with Crippen molar-refractivity contribution in [3.8, 4) is 5.75 Å². The van der Waals surface area contributed by atoms with Crippen molar-refractivity contribution in [2.24, 2.45) is 17.8 Å². The number of amides is 2. The molecule has 1 N–H and O–H groups in total. The molecule has 0 spiro atoms. The SMILES string of the molecule is CC(=O)c1ccc(N2C(=O)[C@H]3[C@H](CC=C4[C@H](c5ccccc5OCCO)C5=C(C[C@H]43)C(=O)C(C)=CC5=O)C2=O)cc1. The van der Waals surface area contributed by atoms with Gasteiger partial charge in [0.15, 0.2) is 17.3 Å². The Morgan fingerprint density at radius 1 is 1.00 bits per heavy atom. The molecule has 8 heteroatoms. The second-order valence-electron chi connectivity index (χ2n) is 11.0. The van der Waals surface area contributed by atoms with Crippen LogP contribution in [0.25, 0.3) is 0 Å². The molecule has 0 saturated carbocycles. The van der Waals surface area contributed by atoms with Gasteiger partial charge in [0.2, 0.25) is 11.8 Å². The highest BCUT2D eigenvalue weighted by Crippen LogP contribution is 2.56. The predicted octanol–water partition coefficient (Wildman–Crippen LogP) is 3.89. The first kappa shape index (κ1) is 26.8. The van der Waals surface area contributed by atoms with E-state index in [0.29, 0.717) is 45.7 Å². The molecular weight excluding hydrogens is 522 g/mol. The number of allylic oxidation sites excluding steroid dienone is 6. The van der Waals surface area contributed by atoms with Crippen molar-refractivity contribution in [2.75, 3.05) is 18.1 Å². The number of rotatable bonds is 6. The number of aliphatic hydroxyl groups is 1. The number of benzene rings is 2. The van der Waals surface area contributed by atoms with Crippen LogP contribution in [0.2, 0.25) is 0 Å². The van der Waals surface area contributed by atoms with Crippen LogP contribution in [0.1, 0.15) is 48.5 Å². The lowest BCUT2D eigenvalue weighted by atomic mass is 9.59. The van der Waals surface area contributed by atoms with Crippen molar-refractivity contribution < 1.29 is 33.8 Å². The maximum absolute atomic E-state index is 14.0. The largest absolute Gasteiger partial charge is 0.491 e. The van der Waals surface area contributed by atoms with E-state index in [1.807, 2.05) is 18.2 Å². The molecule has 0 bridgehead atoms. The van der Waals surface area contributed by atoms with Crippen molar-refractivity contribution in [1.82, 2.24) is 0 Å². The Kier molecular flexibility index (Phi) is 6.66. The molecular formula is C33H29NO7. The number of hydrogen-bond donors (Lipinski definition) is 1. The Bertz CT molecular complexity index is 1610. The summed E-state index contributed by atoms with van der Waals surface area (Å²) in [6, 6.07) is 13.6. The van der Waals surface area contributed by atoms with Gasteiger partial charge in [-0.3, -0.25) is 28.9 Å². The first-order valence-electron chi connectivity index (χ1n) is 13.7. The van der Waals surface area contributed by atoms with Crippen LogP contribution in [0.15, 0.2) is 83.0 Å². The van der Waals surface area contributed by atoms with Gasteiger partial charge in [0.1, 0.15) is 12.4 Å². The van der Waals surface area contributed by atoms with E-state index in [2.05, 4.69) is 0 Å². The minimum absolute atomic E-state index is 0.0546. The zero-order chi connectivity index (χ0) is 29.0. The van der Waals surface area contributed by atoms with Gasteiger partial charge in [-0.25, -0.2) is 0 Å². The fraction of sp³-hybridized carbons (Fsp3) is 0.303. The normalized spacial score (nSPS) is 25.4. The molecule has 4 atom stereocenters. The minimum Gasteiger partial charge on any atom is -0.491 e. The van der Waals surface area contributed by atoms with E-state index in [0.717, 1.165) is 5.57 Å². The first-order valence-corrected chi connectivity index (χ1v) is 13.7. The van der Waals surface area contributed by atoms with E-state index in [1.54, 1.807) is 43.3 Å². The van der Waals surface area contributed by atoms with E-state index in [-0.39, 0.29) is 48.8 Å². The maximum atomic E-state index is 14.0. The maximum Gasteiger partial charge on any atom is 0.238 e. The number of anilines is 1. The van der Waals surface area contributed by atoms with E-state index in [1.165, 1.54) is 17.9 Å². The highest BCUT2D eigenvalue weighted by atomic mass is 16.5. The number of ketones is 3. The Morgan fingerprint density at radius 2 is 1.73 bits per heavy atom. The third-order valence-electron chi connectivity index (χ3n) is 8.67. The summed E-state index contributed by atoms with van der Waals surface area (Å²) in [4.78, 5) is 67.6. The topological polar surface area (TPSA) is 118 Å². The molecule has 2 aromatic rings. The Morgan fingerprint density at radius 3 is 2.44 bits per heavy atom. The van der Waals surface area contributed by atoms with Gasteiger partial charge in [0.25, 0.3) is 0 Å². The third-order valence-corrected chi connectivity index (χ3v) is 8.67. The lowest BCUT2D eigenvalue weighted by molar-refractivity contribution is -0.123. The number of fused-ring (bicyclic) bond motifs is 3. The molecule has 0 aromatic heterocycles. The van der Waals surface area contributed by atoms with Crippen LogP contribution in [0.3, 0.4) is 0 Å². The first-order chi connectivity index (χ1) is 19.7. The van der Waals surface area contributed by atoms with Gasteiger partial charge in [0.05, 0.1) is 24.1 Å². The quantitative estimate of drug-likeness (QED) is 0.250. The van der Waals surface area contributed by atoms with E-state index < -0.39 is 23.7 Å². The summed E-state index contributed by atoms with van der Waals surface area (Å²) in [5.41, 5.74) is 3.49. The summed E-state index contributed by atoms with van der Waals surface area (Å²) < 4.78 is 5.84. The molecule has 2 aromatic carbocycles. The van der Waals surface area contributed by atoms with Crippen LogP contribution < -0.4 is 9.64 Å². The van der Waals surface area contributed by atoms with E-state index in [4.69, 9.17) is 4.74 Å². The molecule has 0 radical (unpaired) electrons. The molecule has 1 aliphatic heterocycles. The fourth-order valence-corrected chi connectivity index (χ4v) is 6.84. The van der Waals surface area contributed by atoms with Gasteiger partial charge >= 0.3 is 0 Å². The van der Waals surface area contributed by atoms with E-state index >= 15 is 0 Å². The average molecular weight is 552 g/mol. The number of aliphatic hydroxyl groups excluding tert-OH is 1. The zero-order valence-electron chi connectivity index (χ0n) is 22.8. The van der Waals surface area contributed by atoms with Crippen molar-refractivity contribution >= 4 is 34.9 Å². The molecule has 1 saturated heterocycles. The summed E-state index contributed by atoms with van der Waals surface area (Å²) in [7, 11) is 0. The molecule has 2 amide bonds. The van der Waals surface area contributed by atoms with Gasteiger partial charge in [-0.05, 0) is 69.0 Å². The zero-order valence-corrected chi connectivity index (χ0v) is 22.8. The number of ether oxygens (including phenoxy) is 1. The number of Topliss-reactive ketones (excluding diaryl/α,β-unsaturated/α-hetero) is 2. The lowest BCUT2D eigenvalue weighted by Gasteiger charge is -2.42. The molecule has 1 fully saturated rings. The molecule has 0 unspecified atom stereocenters. The van der Waals surface area contributed by atoms with E-state index in [9.17, 15) is 29.1 Å². The molecule has 6 rings (SSSR count). The van der Waals surface area contributed by atoms with Crippen molar-refractivity contribution in [2.45, 2.75) is 32.6 Å². The smallest absolute Gasteiger partial charge is 0.238 e. The van der Waals surface area contributed by atoms with Crippen molar-refractivity contribution in [3.63, 3.8) is 0 Å². The molecule has 41 heavy (non-hydrogen) atoms. The number of para-hydroxylation sites is 1. The van der Waals surface area contributed by atoms with Crippen LogP contribution in [0.5, 0.6) is 5.75 Å². The third kappa shape index (κ3) is 4.21. The highest BCUT2D eigenvalue weighted by molar-refractivity contribution is 6.25. The Hall–Kier alpha value is -4.43. The summed E-state index contributed by atoms with van der Waals surface area (Å²) in [5, 5.41) is 9.38. The lowest BCUT2D eigenvalue weighted by Crippen LogP contribution is -2.40. The van der Waals surface area contributed by atoms with Gasteiger partial charge < -0.3 is 9.84 Å². The summed E-state index contributed by atoms with van der Waals surface area (Å²) in [6.07, 6.45) is 3.83. The number of nitrogens with zero attached hydrogens (tertiary/aromatic N) is 1. The van der Waals surface area contributed by atoms with Crippen molar-refractivity contribution in [3.05, 3.63) is 94.1 Å². The van der Waals surface area contributed by atoms with Crippen LogP contribution in [-0.2, 0) is 19.2 Å². The standard InChI is InChI=1S/C33H29NO7/c1-17-15-26(37)30-25(31(17)38)16-24-21(28(30)22-5-3-4-6-27(22)41-14-13-35)11-12-23-29(24)33(40)34(32(23)39)20-9-7-19(8-10-20)18(2)36/h3-11,15,23-24,28-29,35H,12-14,16H2,1-2H3/t23-,24+,28+,29-/m0/s1. The molecule has 208 valence electrons. The average Bonchev–Trinajstić information content (AvgIpc) is 3.23. The van der Waals surface area contributed by atoms with Crippen molar-refractivity contribution in [1.29, 1.82) is 0 Å². The Labute approximate surface area is 237 Å². The number of carbonyl (C=O) groups is 5. The minimum atomic E-state index is -0.703. The highest BCUT2D eigenvalue weighted by Gasteiger charge is 2.56. The van der Waals surface area contributed by atoms with Gasteiger partial charge in [-0.1, -0.05) is 29.8 Å².